The fourth-order valence-electron chi connectivity index (χ4n) is 3.20. The summed E-state index contributed by atoms with van der Waals surface area (Å²) in [5.41, 5.74) is 1.06. The van der Waals surface area contributed by atoms with Gasteiger partial charge in [-0.2, -0.15) is 0 Å². The number of rotatable bonds is 1. The summed E-state index contributed by atoms with van der Waals surface area (Å²) in [6.45, 7) is 4.08. The molecule has 1 aliphatic rings. The van der Waals surface area contributed by atoms with Gasteiger partial charge in [0.2, 0.25) is 0 Å². The second kappa shape index (κ2) is 4.38. The summed E-state index contributed by atoms with van der Waals surface area (Å²) in [6, 6.07) is 5.05. The van der Waals surface area contributed by atoms with E-state index in [0.29, 0.717) is 28.5 Å². The highest BCUT2D eigenvalue weighted by molar-refractivity contribution is 6.09. The Morgan fingerprint density at radius 1 is 1.14 bits per heavy atom. The maximum absolute atomic E-state index is 12.3. The Hall–Kier alpha value is -2.23. The molecule has 0 fully saturated rings. The first kappa shape index (κ1) is 13.7. The van der Waals surface area contributed by atoms with Gasteiger partial charge in [0.1, 0.15) is 17.2 Å². The first-order valence-electron chi connectivity index (χ1n) is 6.91. The quantitative estimate of drug-likeness (QED) is 0.843. The lowest BCUT2D eigenvalue weighted by Gasteiger charge is -2.31. The van der Waals surface area contributed by atoms with E-state index in [-0.39, 0.29) is 22.7 Å². The minimum atomic E-state index is -0.122. The van der Waals surface area contributed by atoms with Gasteiger partial charge in [-0.15, -0.1) is 0 Å². The third-order valence-corrected chi connectivity index (χ3v) is 4.07. The first-order chi connectivity index (χ1) is 9.82. The summed E-state index contributed by atoms with van der Waals surface area (Å²) in [4.78, 5) is 12.3. The number of carbonyl (C=O) groups is 1. The lowest BCUT2D eigenvalue weighted by atomic mass is 9.73. The molecule has 0 aromatic heterocycles. The average molecular weight is 286 g/mol. The molecule has 0 aliphatic heterocycles. The third-order valence-electron chi connectivity index (χ3n) is 4.07. The van der Waals surface area contributed by atoms with E-state index in [1.54, 1.807) is 6.07 Å². The van der Waals surface area contributed by atoms with Gasteiger partial charge in [0.15, 0.2) is 5.78 Å². The van der Waals surface area contributed by atoms with Crippen LogP contribution in [0.25, 0.3) is 10.8 Å². The third kappa shape index (κ3) is 2.11. The van der Waals surface area contributed by atoms with Crippen molar-refractivity contribution >= 4 is 16.6 Å². The van der Waals surface area contributed by atoms with E-state index in [4.69, 9.17) is 4.74 Å². The minimum absolute atomic E-state index is 0.0733. The van der Waals surface area contributed by atoms with Crippen LogP contribution in [0.4, 0.5) is 0 Å². The molecule has 1 aliphatic carbocycles. The molecule has 3 rings (SSSR count). The molecule has 0 amide bonds. The fourth-order valence-corrected chi connectivity index (χ4v) is 3.20. The van der Waals surface area contributed by atoms with Crippen LogP contribution in [0.1, 0.15) is 36.2 Å². The summed E-state index contributed by atoms with van der Waals surface area (Å²) >= 11 is 0. The Bertz CT molecular complexity index is 759. The average Bonchev–Trinajstić information content (AvgIpc) is 2.35. The number of phenolic OH excluding ortho intramolecular Hbond substituents is 2. The first-order valence-corrected chi connectivity index (χ1v) is 6.91. The van der Waals surface area contributed by atoms with E-state index in [9.17, 15) is 15.0 Å². The van der Waals surface area contributed by atoms with Crippen molar-refractivity contribution in [3.63, 3.8) is 0 Å². The van der Waals surface area contributed by atoms with Crippen LogP contribution in [-0.4, -0.2) is 23.1 Å². The SMILES string of the molecule is COc1cc(O)c2c(O)c3c(cc2c1)CC(C)(C)CC3=O. The van der Waals surface area contributed by atoms with E-state index in [2.05, 4.69) is 0 Å². The lowest BCUT2D eigenvalue weighted by molar-refractivity contribution is 0.0909. The van der Waals surface area contributed by atoms with Crippen molar-refractivity contribution in [2.24, 2.45) is 5.41 Å². The topological polar surface area (TPSA) is 66.8 Å². The highest BCUT2D eigenvalue weighted by Crippen LogP contribution is 2.45. The zero-order chi connectivity index (χ0) is 15.4. The highest BCUT2D eigenvalue weighted by Gasteiger charge is 2.34. The molecule has 2 aromatic rings. The van der Waals surface area contributed by atoms with E-state index in [1.807, 2.05) is 19.9 Å². The summed E-state index contributed by atoms with van der Waals surface area (Å²) in [6.07, 6.45) is 1.12. The number of Topliss-reactive ketones (excluding diaryl/α,β-unsaturated/α-hetero) is 1. The molecule has 21 heavy (non-hydrogen) atoms. The van der Waals surface area contributed by atoms with Crippen LogP contribution in [0.5, 0.6) is 17.2 Å². The van der Waals surface area contributed by atoms with Gasteiger partial charge in [-0.25, -0.2) is 0 Å². The molecule has 0 saturated heterocycles. The number of methoxy groups -OCH3 is 1. The number of hydrogen-bond acceptors (Lipinski definition) is 4. The second-order valence-corrected chi connectivity index (χ2v) is 6.44. The van der Waals surface area contributed by atoms with Gasteiger partial charge in [0, 0.05) is 12.5 Å². The second-order valence-electron chi connectivity index (χ2n) is 6.44. The molecule has 2 N–H and O–H groups in total. The zero-order valence-electron chi connectivity index (χ0n) is 12.4. The molecular weight excluding hydrogens is 268 g/mol. The molecule has 0 saturated carbocycles. The number of aromatic hydroxyl groups is 2. The van der Waals surface area contributed by atoms with Gasteiger partial charge in [0.25, 0.3) is 0 Å². The molecule has 4 nitrogen and oxygen atoms in total. The minimum Gasteiger partial charge on any atom is -0.507 e. The van der Waals surface area contributed by atoms with Crippen molar-refractivity contribution in [2.75, 3.05) is 7.11 Å². The van der Waals surface area contributed by atoms with E-state index >= 15 is 0 Å². The largest absolute Gasteiger partial charge is 0.507 e. The monoisotopic (exact) mass is 286 g/mol. The summed E-state index contributed by atoms with van der Waals surface area (Å²) in [5.74, 6) is 0.238. The van der Waals surface area contributed by atoms with Crippen LogP contribution in [0, 0.1) is 5.41 Å². The van der Waals surface area contributed by atoms with Gasteiger partial charge >= 0.3 is 0 Å². The fraction of sp³-hybridized carbons (Fsp3) is 0.353. The van der Waals surface area contributed by atoms with Crippen molar-refractivity contribution in [1.29, 1.82) is 0 Å². The Labute approximate surface area is 123 Å². The number of ether oxygens (including phenoxy) is 1. The molecule has 0 bridgehead atoms. The predicted molar refractivity (Wildman–Crippen MR) is 80.3 cm³/mol. The molecule has 0 unspecified atom stereocenters. The van der Waals surface area contributed by atoms with Crippen molar-refractivity contribution in [3.05, 3.63) is 29.3 Å². The van der Waals surface area contributed by atoms with Gasteiger partial charge in [-0.05, 0) is 34.9 Å². The van der Waals surface area contributed by atoms with Crippen LogP contribution < -0.4 is 4.74 Å². The number of hydrogen-bond donors (Lipinski definition) is 2. The van der Waals surface area contributed by atoms with Crippen LogP contribution in [0.3, 0.4) is 0 Å². The smallest absolute Gasteiger partial charge is 0.167 e. The number of phenols is 2. The van der Waals surface area contributed by atoms with E-state index in [0.717, 1.165) is 12.0 Å². The molecule has 2 aromatic carbocycles. The molecule has 0 spiro atoms. The van der Waals surface area contributed by atoms with Crippen LogP contribution >= 0.6 is 0 Å². The number of fused-ring (bicyclic) bond motifs is 2. The van der Waals surface area contributed by atoms with E-state index < -0.39 is 0 Å². The van der Waals surface area contributed by atoms with E-state index in [1.165, 1.54) is 13.2 Å². The van der Waals surface area contributed by atoms with Crippen LogP contribution in [0.2, 0.25) is 0 Å². The molecular formula is C17H18O4. The number of ketones is 1. The molecule has 0 radical (unpaired) electrons. The molecule has 4 heteroatoms. The van der Waals surface area contributed by atoms with Gasteiger partial charge in [-0.1, -0.05) is 13.8 Å². The summed E-state index contributed by atoms with van der Waals surface area (Å²) in [7, 11) is 1.52. The van der Waals surface area contributed by atoms with Gasteiger partial charge < -0.3 is 14.9 Å². The Morgan fingerprint density at radius 3 is 2.52 bits per heavy atom. The molecule has 0 heterocycles. The van der Waals surface area contributed by atoms with Crippen molar-refractivity contribution in [1.82, 2.24) is 0 Å². The predicted octanol–water partition coefficient (Wildman–Crippen LogP) is 3.41. The number of carbonyl (C=O) groups excluding carboxylic acids is 1. The maximum atomic E-state index is 12.3. The summed E-state index contributed by atoms with van der Waals surface area (Å²) < 4.78 is 5.14. The zero-order valence-corrected chi connectivity index (χ0v) is 12.4. The van der Waals surface area contributed by atoms with Crippen molar-refractivity contribution < 1.29 is 19.7 Å². The Kier molecular flexibility index (Phi) is 2.87. The van der Waals surface area contributed by atoms with Gasteiger partial charge in [0.05, 0.1) is 18.1 Å². The normalized spacial score (nSPS) is 16.8. The Morgan fingerprint density at radius 2 is 1.86 bits per heavy atom. The maximum Gasteiger partial charge on any atom is 0.167 e. The number of benzene rings is 2. The highest BCUT2D eigenvalue weighted by atomic mass is 16.5. The van der Waals surface area contributed by atoms with Crippen molar-refractivity contribution in [2.45, 2.75) is 26.7 Å². The van der Waals surface area contributed by atoms with Gasteiger partial charge in [-0.3, -0.25) is 4.79 Å². The summed E-state index contributed by atoms with van der Waals surface area (Å²) in [5, 5.41) is 21.5. The van der Waals surface area contributed by atoms with Crippen LogP contribution in [-0.2, 0) is 6.42 Å². The molecule has 0 atom stereocenters. The Balaban J connectivity index is 2.35. The van der Waals surface area contributed by atoms with Crippen molar-refractivity contribution in [3.8, 4) is 17.2 Å². The molecule has 110 valence electrons. The standard InChI is InChI=1S/C17H18O4/c1-17(2)7-10-4-9-5-11(21-3)6-12(18)14(9)16(20)15(10)13(19)8-17/h4-6,18,20H,7-8H2,1-3H3. The van der Waals surface area contributed by atoms with Crippen LogP contribution in [0.15, 0.2) is 18.2 Å². The lowest BCUT2D eigenvalue weighted by Crippen LogP contribution is -2.27.